The Labute approximate surface area is 98.0 Å². The summed E-state index contributed by atoms with van der Waals surface area (Å²) < 4.78 is 10.1. The van der Waals surface area contributed by atoms with Crippen molar-refractivity contribution in [2.24, 2.45) is 0 Å². The number of aliphatic carboxylic acids is 1. The van der Waals surface area contributed by atoms with E-state index in [4.69, 9.17) is 24.8 Å². The molecule has 0 saturated heterocycles. The first-order valence-corrected chi connectivity index (χ1v) is 4.90. The lowest BCUT2D eigenvalue weighted by atomic mass is 10.2. The number of benzene rings is 1. The molecule has 0 bridgehead atoms. The van der Waals surface area contributed by atoms with E-state index in [2.05, 4.69) is 0 Å². The highest BCUT2D eigenvalue weighted by molar-refractivity contribution is 5.72. The molecule has 0 aliphatic carbocycles. The molecule has 0 fully saturated rings. The Balaban J connectivity index is 2.88. The summed E-state index contributed by atoms with van der Waals surface area (Å²) in [7, 11) is 1.43. The Morgan fingerprint density at radius 3 is 2.59 bits per heavy atom. The van der Waals surface area contributed by atoms with Gasteiger partial charge in [-0.2, -0.15) is 0 Å². The van der Waals surface area contributed by atoms with Gasteiger partial charge in [-0.15, -0.1) is 0 Å². The van der Waals surface area contributed by atoms with E-state index in [9.17, 15) is 4.79 Å². The summed E-state index contributed by atoms with van der Waals surface area (Å²) in [5, 5.41) is 26.5. The molecule has 0 heterocycles. The SMILES string of the molecule is COc1cc(OC(CO)C(=O)O)ccc1CO. The van der Waals surface area contributed by atoms with E-state index in [1.807, 2.05) is 0 Å². The summed E-state index contributed by atoms with van der Waals surface area (Å²) in [6.07, 6.45) is -1.32. The van der Waals surface area contributed by atoms with E-state index in [-0.39, 0.29) is 12.4 Å². The highest BCUT2D eigenvalue weighted by atomic mass is 16.5. The maximum absolute atomic E-state index is 10.7. The van der Waals surface area contributed by atoms with Gasteiger partial charge in [-0.3, -0.25) is 0 Å². The fourth-order valence-corrected chi connectivity index (χ4v) is 1.26. The first-order chi connectivity index (χ1) is 8.12. The van der Waals surface area contributed by atoms with Crippen LogP contribution < -0.4 is 9.47 Å². The van der Waals surface area contributed by atoms with Crippen molar-refractivity contribution in [1.82, 2.24) is 0 Å². The monoisotopic (exact) mass is 242 g/mol. The van der Waals surface area contributed by atoms with Gasteiger partial charge in [-0.1, -0.05) is 0 Å². The molecule has 1 unspecified atom stereocenters. The topological polar surface area (TPSA) is 96.2 Å². The third kappa shape index (κ3) is 3.33. The number of carboxylic acids is 1. The molecule has 0 spiro atoms. The van der Waals surface area contributed by atoms with Crippen molar-refractivity contribution < 1.29 is 29.6 Å². The van der Waals surface area contributed by atoms with Gasteiger partial charge in [0.15, 0.2) is 0 Å². The predicted molar refractivity (Wildman–Crippen MR) is 58.1 cm³/mol. The molecule has 17 heavy (non-hydrogen) atoms. The number of rotatable bonds is 6. The number of ether oxygens (including phenoxy) is 2. The highest BCUT2D eigenvalue weighted by Gasteiger charge is 2.18. The molecule has 1 atom stereocenters. The summed E-state index contributed by atoms with van der Waals surface area (Å²) in [5.74, 6) is -0.606. The number of carboxylic acid groups (broad SMARTS) is 1. The van der Waals surface area contributed by atoms with Crippen molar-refractivity contribution >= 4 is 5.97 Å². The number of carbonyl (C=O) groups is 1. The van der Waals surface area contributed by atoms with E-state index in [1.54, 1.807) is 6.07 Å². The zero-order valence-electron chi connectivity index (χ0n) is 9.29. The Morgan fingerprint density at radius 2 is 2.12 bits per heavy atom. The third-order valence-corrected chi connectivity index (χ3v) is 2.15. The molecule has 0 aliphatic rings. The average Bonchev–Trinajstić information content (AvgIpc) is 2.35. The van der Waals surface area contributed by atoms with Gasteiger partial charge in [0, 0.05) is 11.6 Å². The van der Waals surface area contributed by atoms with Crippen molar-refractivity contribution in [2.75, 3.05) is 13.7 Å². The average molecular weight is 242 g/mol. The Bertz CT molecular complexity index is 390. The molecule has 0 radical (unpaired) electrons. The van der Waals surface area contributed by atoms with Crippen molar-refractivity contribution in [3.63, 3.8) is 0 Å². The molecule has 0 saturated carbocycles. The standard InChI is InChI=1S/C11H14O6/c1-16-9-4-8(3-2-7(9)5-12)17-10(6-13)11(14)15/h2-4,10,12-13H,5-6H2,1H3,(H,14,15). The Morgan fingerprint density at radius 1 is 1.41 bits per heavy atom. The second-order valence-electron chi connectivity index (χ2n) is 3.26. The summed E-state index contributed by atoms with van der Waals surface area (Å²) >= 11 is 0. The summed E-state index contributed by atoms with van der Waals surface area (Å²) in [5.41, 5.74) is 0.565. The zero-order valence-corrected chi connectivity index (χ0v) is 9.29. The van der Waals surface area contributed by atoms with Crippen LogP contribution in [0.1, 0.15) is 5.56 Å². The van der Waals surface area contributed by atoms with Gasteiger partial charge in [0.1, 0.15) is 11.5 Å². The number of aliphatic hydroxyl groups is 2. The Kier molecular flexibility index (Phi) is 4.74. The first kappa shape index (κ1) is 13.3. The number of hydrogen-bond acceptors (Lipinski definition) is 5. The maximum atomic E-state index is 10.7. The van der Waals surface area contributed by atoms with Gasteiger partial charge in [0.05, 0.1) is 20.3 Å². The molecule has 94 valence electrons. The number of methoxy groups -OCH3 is 1. The predicted octanol–water partition coefficient (Wildman–Crippen LogP) is 0.0118. The van der Waals surface area contributed by atoms with Gasteiger partial charge in [0.2, 0.25) is 6.10 Å². The van der Waals surface area contributed by atoms with Gasteiger partial charge in [-0.25, -0.2) is 4.79 Å². The Hall–Kier alpha value is -1.79. The normalized spacial score (nSPS) is 11.9. The summed E-state index contributed by atoms with van der Waals surface area (Å²) in [6, 6.07) is 4.52. The maximum Gasteiger partial charge on any atom is 0.347 e. The molecule has 6 heteroatoms. The molecule has 0 amide bonds. The van der Waals surface area contributed by atoms with E-state index < -0.39 is 18.7 Å². The molecule has 6 nitrogen and oxygen atoms in total. The number of aliphatic hydroxyl groups excluding tert-OH is 2. The molecule has 1 aromatic carbocycles. The van der Waals surface area contributed by atoms with Gasteiger partial charge >= 0.3 is 5.97 Å². The van der Waals surface area contributed by atoms with Crippen LogP contribution in [0.5, 0.6) is 11.5 Å². The van der Waals surface area contributed by atoms with E-state index in [1.165, 1.54) is 19.2 Å². The molecule has 0 aliphatic heterocycles. The molecule has 0 aromatic heterocycles. The van der Waals surface area contributed by atoms with Crippen molar-refractivity contribution in [2.45, 2.75) is 12.7 Å². The van der Waals surface area contributed by atoms with Gasteiger partial charge < -0.3 is 24.8 Å². The van der Waals surface area contributed by atoms with Crippen LogP contribution in [-0.2, 0) is 11.4 Å². The van der Waals surface area contributed by atoms with Crippen LogP contribution >= 0.6 is 0 Å². The minimum Gasteiger partial charge on any atom is -0.496 e. The molecular formula is C11H14O6. The van der Waals surface area contributed by atoms with E-state index >= 15 is 0 Å². The smallest absolute Gasteiger partial charge is 0.347 e. The minimum absolute atomic E-state index is 0.189. The third-order valence-electron chi connectivity index (χ3n) is 2.15. The lowest BCUT2D eigenvalue weighted by molar-refractivity contribution is -0.146. The van der Waals surface area contributed by atoms with Crippen LogP contribution in [0.15, 0.2) is 18.2 Å². The molecule has 1 aromatic rings. The highest BCUT2D eigenvalue weighted by Crippen LogP contribution is 2.25. The van der Waals surface area contributed by atoms with Crippen LogP contribution in [0.3, 0.4) is 0 Å². The van der Waals surface area contributed by atoms with Crippen molar-refractivity contribution in [3.8, 4) is 11.5 Å². The van der Waals surface area contributed by atoms with Crippen LogP contribution in [0.2, 0.25) is 0 Å². The summed E-state index contributed by atoms with van der Waals surface area (Å²) in [6.45, 7) is -0.814. The van der Waals surface area contributed by atoms with E-state index in [0.29, 0.717) is 11.3 Å². The first-order valence-electron chi connectivity index (χ1n) is 4.90. The van der Waals surface area contributed by atoms with Crippen molar-refractivity contribution in [1.29, 1.82) is 0 Å². The molecule has 3 N–H and O–H groups in total. The van der Waals surface area contributed by atoms with Crippen LogP contribution in [-0.4, -0.2) is 41.1 Å². The quantitative estimate of drug-likeness (QED) is 0.650. The van der Waals surface area contributed by atoms with Crippen LogP contribution in [0.25, 0.3) is 0 Å². The summed E-state index contributed by atoms with van der Waals surface area (Å²) in [4.78, 5) is 10.7. The molecular weight excluding hydrogens is 228 g/mol. The van der Waals surface area contributed by atoms with Crippen LogP contribution in [0.4, 0.5) is 0 Å². The zero-order chi connectivity index (χ0) is 12.8. The van der Waals surface area contributed by atoms with Gasteiger partial charge in [-0.05, 0) is 12.1 Å². The largest absolute Gasteiger partial charge is 0.496 e. The number of hydrogen-bond donors (Lipinski definition) is 3. The van der Waals surface area contributed by atoms with Crippen molar-refractivity contribution in [3.05, 3.63) is 23.8 Å². The molecule has 1 rings (SSSR count). The van der Waals surface area contributed by atoms with E-state index in [0.717, 1.165) is 0 Å². The second-order valence-corrected chi connectivity index (χ2v) is 3.26. The fraction of sp³-hybridized carbons (Fsp3) is 0.364. The minimum atomic E-state index is -1.32. The second kappa shape index (κ2) is 6.07. The lowest BCUT2D eigenvalue weighted by Crippen LogP contribution is -2.30. The van der Waals surface area contributed by atoms with Gasteiger partial charge in [0.25, 0.3) is 0 Å². The van der Waals surface area contributed by atoms with Crippen LogP contribution in [0, 0.1) is 0 Å². The lowest BCUT2D eigenvalue weighted by Gasteiger charge is -2.14. The fourth-order valence-electron chi connectivity index (χ4n) is 1.26.